The minimum absolute atomic E-state index is 0.0141. The average Bonchev–Trinajstić information content (AvgIpc) is 3.37. The molecule has 0 spiro atoms. The third-order valence-corrected chi connectivity index (χ3v) is 5.56. The van der Waals surface area contributed by atoms with Crippen LogP contribution in [0.4, 0.5) is 0 Å². The first-order valence-corrected chi connectivity index (χ1v) is 9.40. The molecule has 1 saturated heterocycles. The van der Waals surface area contributed by atoms with Crippen molar-refractivity contribution < 1.29 is 4.79 Å². The maximum absolute atomic E-state index is 12.5. The summed E-state index contributed by atoms with van der Waals surface area (Å²) in [6.07, 6.45) is 7.21. The minimum Gasteiger partial charge on any atom is -0.350 e. The van der Waals surface area contributed by atoms with E-state index in [0.29, 0.717) is 12.3 Å². The summed E-state index contributed by atoms with van der Waals surface area (Å²) >= 11 is 6.21. The summed E-state index contributed by atoms with van der Waals surface area (Å²) in [4.78, 5) is 26.9. The van der Waals surface area contributed by atoms with Gasteiger partial charge in [0, 0.05) is 29.2 Å². The Kier molecular flexibility index (Phi) is 4.45. The average molecular weight is 369 g/mol. The van der Waals surface area contributed by atoms with Crippen LogP contribution in [-0.4, -0.2) is 16.9 Å². The second-order valence-corrected chi connectivity index (χ2v) is 7.57. The standard InChI is InChI=1S/C21H21ClN2O2/c1-12-10-14(4-6-18(12)22)17(11-15-5-7-19(25)24-15)16-8-9-23-21(26)20(16)13-2-3-13/h4,6,8-11,13,15H,2-3,5,7H2,1H3,(H,23,26)(H,24,25)/t15-/m1/s1. The Balaban J connectivity index is 1.87. The number of carbonyl (C=O) groups excluding carboxylic acids is 1. The summed E-state index contributed by atoms with van der Waals surface area (Å²) in [5.74, 6) is 0.399. The highest BCUT2D eigenvalue weighted by Crippen LogP contribution is 2.42. The quantitative estimate of drug-likeness (QED) is 0.859. The molecule has 4 rings (SSSR count). The third kappa shape index (κ3) is 3.34. The van der Waals surface area contributed by atoms with E-state index in [1.54, 1.807) is 6.20 Å². The summed E-state index contributed by atoms with van der Waals surface area (Å²) < 4.78 is 0. The van der Waals surface area contributed by atoms with Crippen LogP contribution in [0.5, 0.6) is 0 Å². The molecule has 2 N–H and O–H groups in total. The molecule has 1 aromatic heterocycles. The molecule has 134 valence electrons. The minimum atomic E-state index is -0.0166. The molecule has 0 unspecified atom stereocenters. The number of amides is 1. The Bertz CT molecular complexity index is 957. The summed E-state index contributed by atoms with van der Waals surface area (Å²) in [5.41, 5.74) is 4.79. The maximum atomic E-state index is 12.5. The molecular formula is C21H21ClN2O2. The SMILES string of the molecule is Cc1cc(C(=C[C@H]2CCC(=O)N2)c2cc[nH]c(=O)c2C2CC2)ccc1Cl. The number of aromatic nitrogens is 1. The number of nitrogens with one attached hydrogen (secondary N) is 2. The molecule has 0 bridgehead atoms. The zero-order valence-electron chi connectivity index (χ0n) is 14.6. The lowest BCUT2D eigenvalue weighted by molar-refractivity contribution is -0.119. The molecule has 4 nitrogen and oxygen atoms in total. The van der Waals surface area contributed by atoms with Crippen LogP contribution in [0.3, 0.4) is 0 Å². The molecule has 0 radical (unpaired) electrons. The summed E-state index contributed by atoms with van der Waals surface area (Å²) in [6, 6.07) is 7.87. The fourth-order valence-electron chi connectivity index (χ4n) is 3.62. The Morgan fingerprint density at radius 1 is 1.19 bits per heavy atom. The molecule has 2 fully saturated rings. The second-order valence-electron chi connectivity index (χ2n) is 7.17. The van der Waals surface area contributed by atoms with Gasteiger partial charge in [0.25, 0.3) is 5.56 Å². The third-order valence-electron chi connectivity index (χ3n) is 5.14. The zero-order chi connectivity index (χ0) is 18.3. The number of hydrogen-bond acceptors (Lipinski definition) is 2. The van der Waals surface area contributed by atoms with Crippen LogP contribution in [0.2, 0.25) is 5.02 Å². The van der Waals surface area contributed by atoms with Gasteiger partial charge in [0.1, 0.15) is 0 Å². The van der Waals surface area contributed by atoms with Crippen molar-refractivity contribution in [2.24, 2.45) is 0 Å². The molecule has 2 aliphatic rings. The Morgan fingerprint density at radius 2 is 2.00 bits per heavy atom. The van der Waals surface area contributed by atoms with Crippen LogP contribution in [0, 0.1) is 6.92 Å². The number of pyridine rings is 1. The van der Waals surface area contributed by atoms with Crippen LogP contribution in [0.1, 0.15) is 53.9 Å². The maximum Gasteiger partial charge on any atom is 0.252 e. The van der Waals surface area contributed by atoms with Crippen molar-refractivity contribution in [2.45, 2.75) is 44.6 Å². The summed E-state index contributed by atoms with van der Waals surface area (Å²) in [6.45, 7) is 1.97. The van der Waals surface area contributed by atoms with Gasteiger partial charge < -0.3 is 10.3 Å². The van der Waals surface area contributed by atoms with E-state index in [-0.39, 0.29) is 17.5 Å². The van der Waals surface area contributed by atoms with E-state index in [2.05, 4.69) is 16.4 Å². The second kappa shape index (κ2) is 6.76. The van der Waals surface area contributed by atoms with Gasteiger partial charge in [-0.05, 0) is 72.6 Å². The molecule has 1 saturated carbocycles. The molecule has 1 atom stereocenters. The van der Waals surface area contributed by atoms with Gasteiger partial charge in [-0.1, -0.05) is 23.7 Å². The van der Waals surface area contributed by atoms with Crippen LogP contribution < -0.4 is 10.9 Å². The van der Waals surface area contributed by atoms with Gasteiger partial charge in [-0.15, -0.1) is 0 Å². The zero-order valence-corrected chi connectivity index (χ0v) is 15.4. The molecule has 26 heavy (non-hydrogen) atoms. The molecule has 2 heterocycles. The van der Waals surface area contributed by atoms with Crippen molar-refractivity contribution in [2.75, 3.05) is 0 Å². The van der Waals surface area contributed by atoms with E-state index in [0.717, 1.165) is 52.1 Å². The number of hydrogen-bond donors (Lipinski definition) is 2. The first kappa shape index (κ1) is 17.1. The van der Waals surface area contributed by atoms with Gasteiger partial charge in [-0.2, -0.15) is 0 Å². The first-order valence-electron chi connectivity index (χ1n) is 9.02. The smallest absolute Gasteiger partial charge is 0.252 e. The van der Waals surface area contributed by atoms with Crippen molar-refractivity contribution in [1.29, 1.82) is 0 Å². The molecule has 1 aromatic carbocycles. The van der Waals surface area contributed by atoms with Crippen molar-refractivity contribution in [3.05, 3.63) is 74.2 Å². The molecule has 1 amide bonds. The first-order chi connectivity index (χ1) is 12.5. The number of halogens is 1. The van der Waals surface area contributed by atoms with Gasteiger partial charge in [0.2, 0.25) is 5.91 Å². The Morgan fingerprint density at radius 3 is 2.65 bits per heavy atom. The highest BCUT2D eigenvalue weighted by Gasteiger charge is 2.30. The highest BCUT2D eigenvalue weighted by atomic mass is 35.5. The van der Waals surface area contributed by atoms with Crippen molar-refractivity contribution in [3.63, 3.8) is 0 Å². The van der Waals surface area contributed by atoms with Gasteiger partial charge in [0.05, 0.1) is 0 Å². The highest BCUT2D eigenvalue weighted by molar-refractivity contribution is 6.31. The fraction of sp³-hybridized carbons (Fsp3) is 0.333. The number of carbonyl (C=O) groups is 1. The van der Waals surface area contributed by atoms with E-state index in [1.807, 2.05) is 31.2 Å². The number of aromatic amines is 1. The number of rotatable bonds is 4. The number of benzene rings is 1. The van der Waals surface area contributed by atoms with Crippen molar-refractivity contribution in [1.82, 2.24) is 10.3 Å². The lowest BCUT2D eigenvalue weighted by Crippen LogP contribution is -2.24. The lowest BCUT2D eigenvalue weighted by Gasteiger charge is -2.16. The molecule has 1 aliphatic carbocycles. The fourth-order valence-corrected chi connectivity index (χ4v) is 3.74. The van der Waals surface area contributed by atoms with Gasteiger partial charge in [-0.3, -0.25) is 9.59 Å². The van der Waals surface area contributed by atoms with E-state index >= 15 is 0 Å². The van der Waals surface area contributed by atoms with Gasteiger partial charge in [0.15, 0.2) is 0 Å². The lowest BCUT2D eigenvalue weighted by atomic mass is 9.90. The normalized spacial score (nSPS) is 20.3. The van der Waals surface area contributed by atoms with Crippen LogP contribution in [0.15, 0.2) is 41.3 Å². The molecular weight excluding hydrogens is 348 g/mol. The Labute approximate surface area is 157 Å². The van der Waals surface area contributed by atoms with Gasteiger partial charge in [-0.25, -0.2) is 0 Å². The molecule has 2 aromatic rings. The van der Waals surface area contributed by atoms with Crippen molar-refractivity contribution in [3.8, 4) is 0 Å². The van der Waals surface area contributed by atoms with E-state index in [1.165, 1.54) is 0 Å². The van der Waals surface area contributed by atoms with Crippen molar-refractivity contribution >= 4 is 23.1 Å². The number of aryl methyl sites for hydroxylation is 1. The van der Waals surface area contributed by atoms with E-state index in [4.69, 9.17) is 11.6 Å². The largest absolute Gasteiger partial charge is 0.350 e. The van der Waals surface area contributed by atoms with Crippen LogP contribution >= 0.6 is 11.6 Å². The predicted molar refractivity (Wildman–Crippen MR) is 103 cm³/mol. The molecule has 1 aliphatic heterocycles. The van der Waals surface area contributed by atoms with Crippen LogP contribution in [-0.2, 0) is 4.79 Å². The van der Waals surface area contributed by atoms with Gasteiger partial charge >= 0.3 is 0 Å². The number of H-pyrrole nitrogens is 1. The Hall–Kier alpha value is -2.33. The monoisotopic (exact) mass is 368 g/mol. The van der Waals surface area contributed by atoms with E-state index in [9.17, 15) is 9.59 Å². The van der Waals surface area contributed by atoms with Crippen LogP contribution in [0.25, 0.3) is 5.57 Å². The summed E-state index contributed by atoms with van der Waals surface area (Å²) in [5, 5.41) is 3.72. The summed E-state index contributed by atoms with van der Waals surface area (Å²) in [7, 11) is 0. The topological polar surface area (TPSA) is 62.0 Å². The predicted octanol–water partition coefficient (Wildman–Crippen LogP) is 3.92. The van der Waals surface area contributed by atoms with E-state index < -0.39 is 0 Å². The molecule has 5 heteroatoms.